The summed E-state index contributed by atoms with van der Waals surface area (Å²) in [7, 11) is 0. The van der Waals surface area contributed by atoms with Crippen LogP contribution in [-0.2, 0) is 14.3 Å². The Labute approximate surface area is 208 Å². The molecule has 1 fully saturated rings. The van der Waals surface area contributed by atoms with E-state index in [0.717, 1.165) is 0 Å². The molecule has 5 N–H and O–H groups in total. The van der Waals surface area contributed by atoms with Crippen molar-refractivity contribution in [3.63, 3.8) is 0 Å². The minimum absolute atomic E-state index is 0.0823. The maximum atomic E-state index is 12.8. The van der Waals surface area contributed by atoms with Crippen LogP contribution in [-0.4, -0.2) is 74.8 Å². The van der Waals surface area contributed by atoms with Gasteiger partial charge in [0.2, 0.25) is 6.29 Å². The van der Waals surface area contributed by atoms with E-state index in [4.69, 9.17) is 13.9 Å². The zero-order chi connectivity index (χ0) is 27.3. The summed E-state index contributed by atoms with van der Waals surface area (Å²) in [6, 6.07) is 10.5. The molecule has 0 unspecified atom stereocenters. The van der Waals surface area contributed by atoms with E-state index in [1.54, 1.807) is 12.1 Å². The molecule has 37 heavy (non-hydrogen) atoms. The first-order valence-electron chi connectivity index (χ1n) is 10.7. The van der Waals surface area contributed by atoms with Crippen LogP contribution in [0.2, 0.25) is 0 Å². The van der Waals surface area contributed by atoms with Crippen molar-refractivity contribution >= 4 is 22.9 Å². The van der Waals surface area contributed by atoms with Gasteiger partial charge in [-0.3, -0.25) is 4.79 Å². The van der Waals surface area contributed by atoms with Crippen LogP contribution in [0.1, 0.15) is 6.42 Å². The topological polar surface area (TPSA) is 230 Å². The van der Waals surface area contributed by atoms with Crippen molar-refractivity contribution in [3.05, 3.63) is 59.0 Å². The summed E-state index contributed by atoms with van der Waals surface area (Å²) in [4.78, 5) is 31.4. The maximum absolute atomic E-state index is 12.8. The average molecular weight is 518 g/mol. The van der Waals surface area contributed by atoms with Gasteiger partial charge in [0.25, 0.3) is 0 Å². The number of phenolic OH excluding ortho intramolecular Hbond substituents is 1. The van der Waals surface area contributed by atoms with E-state index in [1.807, 2.05) is 0 Å². The molecule has 13 heteroatoms. The van der Waals surface area contributed by atoms with Gasteiger partial charge in [0.15, 0.2) is 5.43 Å². The number of aliphatic carboxylic acids is 2. The molecule has 198 valence electrons. The highest BCUT2D eigenvalue weighted by Gasteiger charge is 2.44. The lowest BCUT2D eigenvalue weighted by Crippen LogP contribution is -2.60. The zero-order valence-corrected chi connectivity index (χ0v) is 18.9. The first kappa shape index (κ1) is 27.6. The van der Waals surface area contributed by atoms with Crippen LogP contribution in [0.25, 0.3) is 22.1 Å². The number of carbonyl (C=O) groups excluding carboxylic acids is 2. The normalized spacial score (nSPS) is 23.1. The fourth-order valence-corrected chi connectivity index (χ4v) is 3.44. The highest BCUT2D eigenvalue weighted by molar-refractivity contribution is 5.86. The molecule has 1 aromatic heterocycles. The molecular weight excluding hydrogens is 496 g/mol. The molecule has 0 aliphatic carbocycles. The minimum Gasteiger partial charge on any atom is -0.550 e. The Morgan fingerprint density at radius 2 is 1.59 bits per heavy atom. The molecule has 3 aromatic rings. The number of carbonyl (C=O) groups is 2. The fraction of sp³-hybridized carbons (Fsp3) is 0.292. The van der Waals surface area contributed by atoms with Gasteiger partial charge in [-0.1, -0.05) is 12.1 Å². The molecule has 0 saturated carbocycles. The largest absolute Gasteiger partial charge is 0.550 e. The Hall–Kier alpha value is -4.01. The molecule has 0 radical (unpaired) electrons. The van der Waals surface area contributed by atoms with E-state index in [1.165, 1.54) is 36.6 Å². The van der Waals surface area contributed by atoms with Crippen LogP contribution in [0.15, 0.2) is 57.9 Å². The SMILES string of the molecule is O=C([O-])CC(=O)[O-].O=c1c(-c2ccc(O)cc2)coc2cc(O[C@@H]3O[C@H](CO)[C@@H](O)[C@H](O)[C@H]3O)ccc12. The molecule has 0 amide bonds. The third-order valence-electron chi connectivity index (χ3n) is 5.31. The van der Waals surface area contributed by atoms with Gasteiger partial charge in [0.05, 0.1) is 17.6 Å². The van der Waals surface area contributed by atoms with Crippen LogP contribution < -0.4 is 20.4 Å². The second-order valence-electron chi connectivity index (χ2n) is 7.92. The molecule has 2 aromatic carbocycles. The van der Waals surface area contributed by atoms with Crippen molar-refractivity contribution < 1.29 is 59.2 Å². The summed E-state index contributed by atoms with van der Waals surface area (Å²) in [5.74, 6) is -2.98. The number of phenols is 1. The summed E-state index contributed by atoms with van der Waals surface area (Å²) >= 11 is 0. The van der Waals surface area contributed by atoms with Gasteiger partial charge < -0.3 is 59.2 Å². The lowest BCUT2D eigenvalue weighted by molar-refractivity contribution is -0.322. The monoisotopic (exact) mass is 518 g/mol. The first-order chi connectivity index (χ1) is 17.5. The molecular formula is C24H22O13-2. The number of carboxylic acid groups (broad SMARTS) is 2. The molecule has 13 nitrogen and oxygen atoms in total. The van der Waals surface area contributed by atoms with Crippen molar-refractivity contribution in [2.75, 3.05) is 6.61 Å². The molecule has 0 spiro atoms. The number of aliphatic hydroxyl groups excluding tert-OH is 4. The Bertz CT molecular complexity index is 1290. The van der Waals surface area contributed by atoms with E-state index in [0.29, 0.717) is 16.5 Å². The molecule has 1 saturated heterocycles. The lowest BCUT2D eigenvalue weighted by atomic mass is 9.99. The summed E-state index contributed by atoms with van der Waals surface area (Å²) < 4.78 is 16.4. The molecule has 0 bridgehead atoms. The predicted molar refractivity (Wildman–Crippen MR) is 119 cm³/mol. The summed E-state index contributed by atoms with van der Waals surface area (Å²) in [6.45, 7) is -0.572. The smallest absolute Gasteiger partial charge is 0.229 e. The fourth-order valence-electron chi connectivity index (χ4n) is 3.44. The Morgan fingerprint density at radius 1 is 0.946 bits per heavy atom. The van der Waals surface area contributed by atoms with Gasteiger partial charge in [-0.2, -0.15) is 0 Å². The molecule has 5 atom stereocenters. The second kappa shape index (κ2) is 11.8. The quantitative estimate of drug-likeness (QED) is 0.208. The average Bonchev–Trinajstić information content (AvgIpc) is 2.85. The summed E-state index contributed by atoms with van der Waals surface area (Å²) in [5, 5.41) is 67.3. The Kier molecular flexibility index (Phi) is 8.81. The van der Waals surface area contributed by atoms with E-state index >= 15 is 0 Å². The van der Waals surface area contributed by atoms with Gasteiger partial charge in [0, 0.05) is 24.4 Å². The maximum Gasteiger partial charge on any atom is 0.229 e. The van der Waals surface area contributed by atoms with Gasteiger partial charge in [0.1, 0.15) is 47.8 Å². The molecule has 1 aliphatic rings. The van der Waals surface area contributed by atoms with Gasteiger partial charge >= 0.3 is 0 Å². The number of aliphatic hydroxyl groups is 4. The standard InChI is InChI=1S/C21H20O9.C3H4O4/c22-8-16-18(25)19(26)20(27)21(30-16)29-12-5-6-13-15(7-12)28-9-14(17(13)24)10-1-3-11(23)4-2-10;4-2(5)1-3(6)7/h1-7,9,16,18-23,25-27H,8H2;1H2,(H,4,5)(H,6,7)/p-2/t16-,18-,19+,20-,21-;/m1./s1. The molecule has 2 heterocycles. The molecule has 4 rings (SSSR count). The molecule has 1 aliphatic heterocycles. The van der Waals surface area contributed by atoms with Crippen LogP contribution in [0.3, 0.4) is 0 Å². The van der Waals surface area contributed by atoms with Crippen molar-refractivity contribution in [3.8, 4) is 22.6 Å². The lowest BCUT2D eigenvalue weighted by Gasteiger charge is -2.39. The number of benzene rings is 2. The number of hydrogen-bond donors (Lipinski definition) is 5. The van der Waals surface area contributed by atoms with Gasteiger partial charge in [-0.25, -0.2) is 0 Å². The highest BCUT2D eigenvalue weighted by atomic mass is 16.7. The van der Waals surface area contributed by atoms with Crippen LogP contribution in [0.4, 0.5) is 0 Å². The van der Waals surface area contributed by atoms with Crippen molar-refractivity contribution in [1.82, 2.24) is 0 Å². The number of hydrogen-bond acceptors (Lipinski definition) is 13. The van der Waals surface area contributed by atoms with Crippen LogP contribution in [0.5, 0.6) is 11.5 Å². The summed E-state index contributed by atoms with van der Waals surface area (Å²) in [6.07, 6.45) is -6.78. The predicted octanol–water partition coefficient (Wildman–Crippen LogP) is -2.78. The highest BCUT2D eigenvalue weighted by Crippen LogP contribution is 2.27. The number of rotatable bonds is 6. The van der Waals surface area contributed by atoms with Crippen molar-refractivity contribution in [2.24, 2.45) is 0 Å². The van der Waals surface area contributed by atoms with E-state index < -0.39 is 55.7 Å². The second-order valence-corrected chi connectivity index (χ2v) is 7.92. The third-order valence-corrected chi connectivity index (χ3v) is 5.31. The zero-order valence-electron chi connectivity index (χ0n) is 18.9. The van der Waals surface area contributed by atoms with E-state index in [-0.39, 0.29) is 22.5 Å². The third kappa shape index (κ3) is 6.61. The van der Waals surface area contributed by atoms with Crippen molar-refractivity contribution in [2.45, 2.75) is 37.1 Å². The Morgan fingerprint density at radius 3 is 2.16 bits per heavy atom. The van der Waals surface area contributed by atoms with E-state index in [2.05, 4.69) is 0 Å². The van der Waals surface area contributed by atoms with Crippen LogP contribution in [0, 0.1) is 0 Å². The number of carboxylic acids is 2. The number of fused-ring (bicyclic) bond motifs is 1. The van der Waals surface area contributed by atoms with Crippen molar-refractivity contribution in [1.29, 1.82) is 0 Å². The van der Waals surface area contributed by atoms with E-state index in [9.17, 15) is 50.1 Å². The van der Waals surface area contributed by atoms with Gasteiger partial charge in [-0.15, -0.1) is 0 Å². The van der Waals surface area contributed by atoms with Crippen LogP contribution >= 0.6 is 0 Å². The number of aromatic hydroxyl groups is 1. The Balaban J connectivity index is 0.000000479. The summed E-state index contributed by atoms with van der Waals surface area (Å²) in [5.41, 5.74) is 0.862. The minimum atomic E-state index is -1.63. The first-order valence-corrected chi connectivity index (χ1v) is 10.7. The number of ether oxygens (including phenoxy) is 2. The van der Waals surface area contributed by atoms with Gasteiger partial charge in [-0.05, 0) is 29.8 Å².